The molecule has 0 aliphatic rings. The predicted molar refractivity (Wildman–Crippen MR) is 48.3 cm³/mol. The average molecular weight is 228 g/mol. The van der Waals surface area contributed by atoms with E-state index in [0.29, 0.717) is 0 Å². The fraction of sp³-hybridized carbons (Fsp3) is 0.125. The molecular formula is C8H6BrNO2. The van der Waals surface area contributed by atoms with Crippen LogP contribution in [-0.4, -0.2) is 12.3 Å². The van der Waals surface area contributed by atoms with E-state index in [1.807, 2.05) is 12.1 Å². The highest BCUT2D eigenvalue weighted by molar-refractivity contribution is 9.10. The fourth-order valence-corrected chi connectivity index (χ4v) is 1.49. The van der Waals surface area contributed by atoms with Gasteiger partial charge in [0.2, 0.25) is 0 Å². The molecule has 3 nitrogen and oxygen atoms in total. The van der Waals surface area contributed by atoms with Crippen molar-refractivity contribution in [3.8, 4) is 5.75 Å². The first-order valence-electron chi connectivity index (χ1n) is 3.39. The summed E-state index contributed by atoms with van der Waals surface area (Å²) >= 11 is 3.34. The largest absolute Gasteiger partial charge is 0.496 e. The average Bonchev–Trinajstić information content (AvgIpc) is 2.50. The molecule has 12 heavy (non-hydrogen) atoms. The molecule has 1 aromatic heterocycles. The molecule has 0 aliphatic heterocycles. The molecular weight excluding hydrogens is 222 g/mol. The molecule has 0 radical (unpaired) electrons. The molecule has 0 aliphatic carbocycles. The molecule has 0 saturated carbocycles. The summed E-state index contributed by atoms with van der Waals surface area (Å²) in [4.78, 5) is 0. The molecule has 1 aromatic carbocycles. The van der Waals surface area contributed by atoms with Crippen molar-refractivity contribution in [1.29, 1.82) is 0 Å². The topological polar surface area (TPSA) is 35.3 Å². The molecule has 0 atom stereocenters. The van der Waals surface area contributed by atoms with E-state index in [0.717, 1.165) is 21.2 Å². The van der Waals surface area contributed by atoms with Crippen LogP contribution in [0.25, 0.3) is 11.0 Å². The number of rotatable bonds is 1. The highest BCUT2D eigenvalue weighted by Gasteiger charge is 2.06. The number of methoxy groups -OCH3 is 1. The molecule has 1 heterocycles. The Hall–Kier alpha value is -1.03. The van der Waals surface area contributed by atoms with Gasteiger partial charge in [-0.25, -0.2) is 0 Å². The maximum absolute atomic E-state index is 5.14. The van der Waals surface area contributed by atoms with Crippen molar-refractivity contribution >= 4 is 26.9 Å². The third kappa shape index (κ3) is 1.08. The van der Waals surface area contributed by atoms with Crippen LogP contribution in [0.15, 0.2) is 27.3 Å². The van der Waals surface area contributed by atoms with E-state index in [2.05, 4.69) is 21.1 Å². The Labute approximate surface area is 77.4 Å². The van der Waals surface area contributed by atoms with Gasteiger partial charge in [0.15, 0.2) is 5.58 Å². The number of hydrogen-bond donors (Lipinski definition) is 0. The number of aromatic nitrogens is 1. The Morgan fingerprint density at radius 3 is 3.08 bits per heavy atom. The summed E-state index contributed by atoms with van der Waals surface area (Å²) in [6.07, 6.45) is 1.64. The van der Waals surface area contributed by atoms with E-state index >= 15 is 0 Å². The maximum Gasteiger partial charge on any atom is 0.171 e. The first-order valence-corrected chi connectivity index (χ1v) is 4.18. The molecule has 2 aromatic rings. The van der Waals surface area contributed by atoms with E-state index < -0.39 is 0 Å². The first-order chi connectivity index (χ1) is 5.81. The van der Waals surface area contributed by atoms with Gasteiger partial charge in [-0.1, -0.05) is 21.1 Å². The van der Waals surface area contributed by atoms with Crippen LogP contribution in [0.1, 0.15) is 0 Å². The van der Waals surface area contributed by atoms with Crippen molar-refractivity contribution in [2.45, 2.75) is 0 Å². The van der Waals surface area contributed by atoms with Crippen LogP contribution >= 0.6 is 15.9 Å². The minimum absolute atomic E-state index is 0.723. The third-order valence-electron chi connectivity index (χ3n) is 1.62. The standard InChI is InChI=1S/C8H6BrNO2/c1-11-7-2-5(9)3-8-6(7)4-10-12-8/h2-4H,1H3. The lowest BCUT2D eigenvalue weighted by molar-refractivity contribution is 0.419. The second-order valence-electron chi connectivity index (χ2n) is 2.35. The van der Waals surface area contributed by atoms with Crippen LogP contribution in [0, 0.1) is 0 Å². The summed E-state index contributed by atoms with van der Waals surface area (Å²) in [5.74, 6) is 0.764. The van der Waals surface area contributed by atoms with Crippen molar-refractivity contribution < 1.29 is 9.26 Å². The molecule has 0 fully saturated rings. The Kier molecular flexibility index (Phi) is 1.77. The number of halogens is 1. The summed E-state index contributed by atoms with van der Waals surface area (Å²) < 4.78 is 11.0. The number of benzene rings is 1. The second kappa shape index (κ2) is 2.79. The monoisotopic (exact) mass is 227 g/mol. The Morgan fingerprint density at radius 1 is 1.50 bits per heavy atom. The van der Waals surface area contributed by atoms with Crippen molar-refractivity contribution in [1.82, 2.24) is 5.16 Å². The normalized spacial score (nSPS) is 10.5. The fourth-order valence-electron chi connectivity index (χ4n) is 1.08. The third-order valence-corrected chi connectivity index (χ3v) is 2.08. The molecule has 62 valence electrons. The summed E-state index contributed by atoms with van der Waals surface area (Å²) in [6.45, 7) is 0. The summed E-state index contributed by atoms with van der Waals surface area (Å²) in [5, 5.41) is 4.56. The lowest BCUT2D eigenvalue weighted by Crippen LogP contribution is -1.82. The van der Waals surface area contributed by atoms with Crippen LogP contribution in [0.4, 0.5) is 0 Å². The van der Waals surface area contributed by atoms with Crippen LogP contribution in [0.3, 0.4) is 0 Å². The van der Waals surface area contributed by atoms with Crippen LogP contribution < -0.4 is 4.74 Å². The SMILES string of the molecule is COc1cc(Br)cc2oncc12. The van der Waals surface area contributed by atoms with Gasteiger partial charge in [0, 0.05) is 4.47 Å². The maximum atomic E-state index is 5.14. The van der Waals surface area contributed by atoms with Gasteiger partial charge in [0.25, 0.3) is 0 Å². The van der Waals surface area contributed by atoms with Gasteiger partial charge in [-0.3, -0.25) is 0 Å². The smallest absolute Gasteiger partial charge is 0.171 e. The van der Waals surface area contributed by atoms with E-state index in [-0.39, 0.29) is 0 Å². The van der Waals surface area contributed by atoms with E-state index in [1.165, 1.54) is 0 Å². The Morgan fingerprint density at radius 2 is 2.33 bits per heavy atom. The molecule has 4 heteroatoms. The molecule has 0 spiro atoms. The summed E-state index contributed by atoms with van der Waals surface area (Å²) in [7, 11) is 1.62. The van der Waals surface area contributed by atoms with Gasteiger partial charge in [-0.15, -0.1) is 0 Å². The van der Waals surface area contributed by atoms with Crippen LogP contribution in [0.2, 0.25) is 0 Å². The van der Waals surface area contributed by atoms with Crippen LogP contribution in [-0.2, 0) is 0 Å². The lowest BCUT2D eigenvalue weighted by Gasteiger charge is -1.99. The van der Waals surface area contributed by atoms with Gasteiger partial charge >= 0.3 is 0 Å². The Bertz CT molecular complexity index is 410. The van der Waals surface area contributed by atoms with Crippen molar-refractivity contribution in [3.63, 3.8) is 0 Å². The van der Waals surface area contributed by atoms with E-state index in [4.69, 9.17) is 9.26 Å². The van der Waals surface area contributed by atoms with E-state index in [9.17, 15) is 0 Å². The van der Waals surface area contributed by atoms with Gasteiger partial charge in [0.05, 0.1) is 18.7 Å². The van der Waals surface area contributed by atoms with Crippen molar-refractivity contribution in [2.75, 3.05) is 7.11 Å². The second-order valence-corrected chi connectivity index (χ2v) is 3.26. The molecule has 0 bridgehead atoms. The van der Waals surface area contributed by atoms with Crippen LogP contribution in [0.5, 0.6) is 5.75 Å². The first kappa shape index (κ1) is 7.61. The lowest BCUT2D eigenvalue weighted by atomic mass is 10.2. The predicted octanol–water partition coefficient (Wildman–Crippen LogP) is 2.60. The molecule has 0 N–H and O–H groups in total. The number of hydrogen-bond acceptors (Lipinski definition) is 3. The van der Waals surface area contributed by atoms with Gasteiger partial charge in [0.1, 0.15) is 5.75 Å². The van der Waals surface area contributed by atoms with E-state index in [1.54, 1.807) is 13.3 Å². The molecule has 0 amide bonds. The zero-order chi connectivity index (χ0) is 8.55. The molecule has 0 unspecified atom stereocenters. The van der Waals surface area contributed by atoms with Gasteiger partial charge in [-0.05, 0) is 12.1 Å². The highest BCUT2D eigenvalue weighted by Crippen LogP contribution is 2.29. The molecule has 0 saturated heterocycles. The van der Waals surface area contributed by atoms with Crippen molar-refractivity contribution in [2.24, 2.45) is 0 Å². The number of fused-ring (bicyclic) bond motifs is 1. The number of ether oxygens (including phenoxy) is 1. The highest BCUT2D eigenvalue weighted by atomic mass is 79.9. The Balaban J connectivity index is 2.80. The van der Waals surface area contributed by atoms with Crippen molar-refractivity contribution in [3.05, 3.63) is 22.8 Å². The zero-order valence-electron chi connectivity index (χ0n) is 6.37. The quantitative estimate of drug-likeness (QED) is 0.752. The summed E-state index contributed by atoms with van der Waals surface area (Å²) in [6, 6.07) is 3.73. The van der Waals surface area contributed by atoms with Gasteiger partial charge < -0.3 is 9.26 Å². The minimum atomic E-state index is 0.723. The molecule has 2 rings (SSSR count). The zero-order valence-corrected chi connectivity index (χ0v) is 7.96. The minimum Gasteiger partial charge on any atom is -0.496 e. The van der Waals surface area contributed by atoms with Gasteiger partial charge in [-0.2, -0.15) is 0 Å². The number of nitrogens with zero attached hydrogens (tertiary/aromatic N) is 1. The summed E-state index contributed by atoms with van der Waals surface area (Å²) in [5.41, 5.74) is 0.723.